The third-order valence-electron chi connectivity index (χ3n) is 6.96. The molecular formula is C26H45Cl2HfSi. The molecule has 171 valence electrons. The number of allylic oxidation sites excluding steroid dienone is 8. The molecule has 0 fully saturated rings. The van der Waals surface area contributed by atoms with Gasteiger partial charge < -0.3 is 0 Å². The molecular weight excluding hydrogens is 590 g/mol. The van der Waals surface area contributed by atoms with Crippen molar-refractivity contribution in [2.45, 2.75) is 101 Å². The van der Waals surface area contributed by atoms with Crippen LogP contribution in [-0.2, 0) is 15.3 Å². The fourth-order valence-electron chi connectivity index (χ4n) is 5.56. The molecule has 2 aliphatic carbocycles. The molecule has 0 saturated heterocycles. The Labute approximate surface area is 196 Å². The first kappa shape index (κ1) is 26.9. The van der Waals surface area contributed by atoms with E-state index < -0.39 is 21.3 Å². The van der Waals surface area contributed by atoms with Crippen LogP contribution in [-0.4, -0.2) is 5.98 Å². The average Bonchev–Trinajstić information content (AvgIpc) is 3.20. The van der Waals surface area contributed by atoms with E-state index >= 15 is 0 Å². The summed E-state index contributed by atoms with van der Waals surface area (Å²) >= 11 is -4.36. The molecule has 0 spiro atoms. The van der Waals surface area contributed by atoms with Crippen molar-refractivity contribution in [1.82, 2.24) is 0 Å². The predicted molar refractivity (Wildman–Crippen MR) is 139 cm³/mol. The minimum atomic E-state index is -4.36. The van der Waals surface area contributed by atoms with Gasteiger partial charge in [0.2, 0.25) is 0 Å². The number of hydrogen-bond donors (Lipinski definition) is 0. The van der Waals surface area contributed by atoms with Gasteiger partial charge in [-0.05, 0) is 0 Å². The monoisotopic (exact) mass is 635 g/mol. The molecule has 0 N–H and O–H groups in total. The number of hydrogen-bond acceptors (Lipinski definition) is 0. The van der Waals surface area contributed by atoms with Crippen LogP contribution >= 0.6 is 17.2 Å². The Kier molecular flexibility index (Phi) is 9.59. The second kappa shape index (κ2) is 10.7. The summed E-state index contributed by atoms with van der Waals surface area (Å²) in [6.45, 7) is 18.7. The summed E-state index contributed by atoms with van der Waals surface area (Å²) in [6.07, 6.45) is 17.0. The van der Waals surface area contributed by atoms with Crippen LogP contribution in [0.3, 0.4) is 0 Å². The van der Waals surface area contributed by atoms with E-state index in [4.69, 9.17) is 17.2 Å². The zero-order valence-corrected chi connectivity index (χ0v) is 27.0. The Bertz CT molecular complexity index is 684. The summed E-state index contributed by atoms with van der Waals surface area (Å²) in [5.74, 6) is 0.0333. The molecule has 0 aromatic carbocycles. The van der Waals surface area contributed by atoms with Crippen molar-refractivity contribution >= 4 is 23.1 Å². The van der Waals surface area contributed by atoms with Crippen LogP contribution in [0.1, 0.15) is 80.1 Å². The standard InChI is InChI=1S/2C12H19.C2H7Si.2ClH.Hf/c2*1-4-5-11-6-7-12(9-11)8-10(2)3;1-3-2;;;/h2*6-7,9-10H,4-5,8H2,1-3H3;3H,1-2H3;2*1H;/q;;;;;+2/p-2. The van der Waals surface area contributed by atoms with Gasteiger partial charge in [-0.25, -0.2) is 0 Å². The van der Waals surface area contributed by atoms with E-state index in [0.717, 1.165) is 25.7 Å². The molecule has 0 aliphatic heterocycles. The molecule has 0 radical (unpaired) electrons. The summed E-state index contributed by atoms with van der Waals surface area (Å²) in [6, 6.07) is 0. The molecule has 30 heavy (non-hydrogen) atoms. The number of halogens is 2. The van der Waals surface area contributed by atoms with Crippen molar-refractivity contribution in [1.29, 1.82) is 0 Å². The van der Waals surface area contributed by atoms with Crippen LogP contribution in [0, 0.1) is 11.8 Å². The van der Waals surface area contributed by atoms with Crippen molar-refractivity contribution in [2.75, 3.05) is 0 Å². The fourth-order valence-corrected chi connectivity index (χ4v) is 46.2. The first-order chi connectivity index (χ1) is 13.9. The summed E-state index contributed by atoms with van der Waals surface area (Å²) in [5.41, 5.74) is 6.08. The maximum absolute atomic E-state index is 8.08. The summed E-state index contributed by atoms with van der Waals surface area (Å²) < 4.78 is 0.677. The van der Waals surface area contributed by atoms with Crippen LogP contribution in [0.15, 0.2) is 46.6 Å². The second-order valence-electron chi connectivity index (χ2n) is 11.0. The van der Waals surface area contributed by atoms with Crippen molar-refractivity contribution in [2.24, 2.45) is 11.8 Å². The molecule has 0 aromatic heterocycles. The van der Waals surface area contributed by atoms with Gasteiger partial charge >= 0.3 is 197 Å². The normalized spacial score (nSPS) is 23.6. The van der Waals surface area contributed by atoms with Gasteiger partial charge in [-0.1, -0.05) is 0 Å². The van der Waals surface area contributed by atoms with Gasteiger partial charge in [-0.15, -0.1) is 0 Å². The summed E-state index contributed by atoms with van der Waals surface area (Å²) in [5, 5.41) is 0. The van der Waals surface area contributed by atoms with E-state index in [2.05, 4.69) is 78.9 Å². The van der Waals surface area contributed by atoms with Crippen LogP contribution in [0.25, 0.3) is 0 Å². The molecule has 0 aromatic rings. The SMILES string of the molecule is CCCC1=CC(CC(C)C)=C[CH]1[Hf]([Cl])([Cl])([CH]1C=C(CC(C)C)C=C1CCC)[SiH](C)C. The molecule has 2 rings (SSSR count). The van der Waals surface area contributed by atoms with E-state index in [1.807, 2.05) is 0 Å². The van der Waals surface area contributed by atoms with E-state index in [1.165, 1.54) is 24.0 Å². The van der Waals surface area contributed by atoms with Gasteiger partial charge in [0.25, 0.3) is 0 Å². The Morgan fingerprint density at radius 2 is 1.17 bits per heavy atom. The molecule has 0 heterocycles. The van der Waals surface area contributed by atoms with Crippen LogP contribution in [0.4, 0.5) is 0 Å². The molecule has 4 heteroatoms. The summed E-state index contributed by atoms with van der Waals surface area (Å²) in [4.78, 5) is 0. The van der Waals surface area contributed by atoms with Crippen molar-refractivity contribution in [3.8, 4) is 0 Å². The van der Waals surface area contributed by atoms with Gasteiger partial charge in [0.15, 0.2) is 0 Å². The van der Waals surface area contributed by atoms with Crippen LogP contribution in [0.5, 0.6) is 0 Å². The molecule has 2 atom stereocenters. The Hall–Kier alpha value is 0.627. The molecule has 0 bridgehead atoms. The van der Waals surface area contributed by atoms with E-state index in [1.54, 1.807) is 11.1 Å². The Balaban J connectivity index is 2.60. The van der Waals surface area contributed by atoms with Crippen molar-refractivity contribution < 1.29 is 15.3 Å². The van der Waals surface area contributed by atoms with Gasteiger partial charge in [0.1, 0.15) is 0 Å². The Morgan fingerprint density at radius 1 is 0.800 bits per heavy atom. The predicted octanol–water partition coefficient (Wildman–Crippen LogP) is 9.97. The third-order valence-corrected chi connectivity index (χ3v) is 80.4. The Morgan fingerprint density at radius 3 is 1.43 bits per heavy atom. The van der Waals surface area contributed by atoms with Gasteiger partial charge in [-0.3, -0.25) is 0 Å². The van der Waals surface area contributed by atoms with E-state index in [0.29, 0.717) is 19.2 Å². The first-order valence-electron chi connectivity index (χ1n) is 12.3. The van der Waals surface area contributed by atoms with Crippen LogP contribution in [0.2, 0.25) is 20.4 Å². The van der Waals surface area contributed by atoms with Crippen molar-refractivity contribution in [3.05, 3.63) is 46.6 Å². The first-order valence-corrected chi connectivity index (χ1v) is 34.5. The van der Waals surface area contributed by atoms with Gasteiger partial charge in [-0.2, -0.15) is 0 Å². The second-order valence-corrected chi connectivity index (χ2v) is 70.6. The van der Waals surface area contributed by atoms with Gasteiger partial charge in [0.05, 0.1) is 0 Å². The molecule has 2 aliphatic rings. The fraction of sp³-hybridized carbons (Fsp3) is 0.692. The number of rotatable bonds is 11. The van der Waals surface area contributed by atoms with Crippen LogP contribution < -0.4 is 0 Å². The van der Waals surface area contributed by atoms with E-state index in [-0.39, 0.29) is 0 Å². The topological polar surface area (TPSA) is 0 Å². The molecule has 0 saturated carbocycles. The third kappa shape index (κ3) is 5.57. The summed E-state index contributed by atoms with van der Waals surface area (Å²) in [7, 11) is 16.2. The minimum absolute atomic E-state index is 0.339. The van der Waals surface area contributed by atoms with E-state index in [9.17, 15) is 0 Å². The molecule has 0 amide bonds. The molecule has 2 unspecified atom stereocenters. The average molecular weight is 635 g/mol. The zero-order valence-electron chi connectivity index (χ0n) is 20.7. The zero-order chi connectivity index (χ0) is 22.7. The maximum atomic E-state index is 8.08. The van der Waals surface area contributed by atoms with Gasteiger partial charge in [0, 0.05) is 0 Å². The van der Waals surface area contributed by atoms with Crippen molar-refractivity contribution in [3.63, 3.8) is 0 Å². The quantitative estimate of drug-likeness (QED) is 0.199. The molecule has 0 nitrogen and oxygen atoms in total.